The molecule has 27 heavy (non-hydrogen) atoms. The van der Waals surface area contributed by atoms with Crippen molar-refractivity contribution in [3.63, 3.8) is 0 Å². The lowest BCUT2D eigenvalue weighted by Gasteiger charge is -2.34. The summed E-state index contributed by atoms with van der Waals surface area (Å²) in [5.41, 5.74) is 3.23. The van der Waals surface area contributed by atoms with Crippen LogP contribution in [-0.4, -0.2) is 6.04 Å². The van der Waals surface area contributed by atoms with Crippen molar-refractivity contribution < 1.29 is 0 Å². The summed E-state index contributed by atoms with van der Waals surface area (Å²) >= 11 is 4.82. The Bertz CT molecular complexity index is 966. The van der Waals surface area contributed by atoms with Gasteiger partial charge in [-0.15, -0.1) is 0 Å². The normalized spacial score (nSPS) is 26.9. The third kappa shape index (κ3) is 2.84. The van der Waals surface area contributed by atoms with Gasteiger partial charge in [-0.05, 0) is 30.9 Å². The summed E-state index contributed by atoms with van der Waals surface area (Å²) < 4.78 is 1.09. The molecule has 2 unspecified atom stereocenters. The number of para-hydroxylation sites is 1. The maximum absolute atomic E-state index is 10.4. The van der Waals surface area contributed by atoms with E-state index in [0.29, 0.717) is 0 Å². The number of hydrogen-bond acceptors (Lipinski definition) is 4. The molecule has 4 rings (SSSR count). The third-order valence-electron chi connectivity index (χ3n) is 5.57. The molecule has 0 spiro atoms. The van der Waals surface area contributed by atoms with E-state index in [4.69, 9.17) is 5.14 Å². The smallest absolute Gasteiger partial charge is 0.145 e. The fourth-order valence-electron chi connectivity index (χ4n) is 4.22. The van der Waals surface area contributed by atoms with E-state index in [-0.39, 0.29) is 6.04 Å². The van der Waals surface area contributed by atoms with Gasteiger partial charge in [0.25, 0.3) is 0 Å². The molecule has 5 heteroatoms. The Morgan fingerprint density at radius 1 is 1.30 bits per heavy atom. The molecule has 0 aromatic heterocycles. The van der Waals surface area contributed by atoms with Crippen molar-refractivity contribution >= 4 is 33.6 Å². The first kappa shape index (κ1) is 18.4. The van der Waals surface area contributed by atoms with Crippen LogP contribution >= 0.6 is 27.9 Å². The minimum absolute atomic E-state index is 0.157. The average Bonchev–Trinajstić information content (AvgIpc) is 2.97. The number of halogens is 1. The molecule has 0 fully saturated rings. The summed E-state index contributed by atoms with van der Waals surface area (Å²) in [6.07, 6.45) is 13.1. The van der Waals surface area contributed by atoms with E-state index in [0.717, 1.165) is 51.2 Å². The van der Waals surface area contributed by atoms with Gasteiger partial charge >= 0.3 is 0 Å². The highest BCUT2D eigenvalue weighted by Gasteiger charge is 2.50. The Balaban J connectivity index is 1.84. The van der Waals surface area contributed by atoms with Crippen molar-refractivity contribution in [2.45, 2.75) is 30.7 Å². The second kappa shape index (κ2) is 7.20. The van der Waals surface area contributed by atoms with Crippen LogP contribution in [0.2, 0.25) is 0 Å². The molecule has 2 N–H and O–H groups in total. The zero-order chi connectivity index (χ0) is 19.0. The number of nitrogens with two attached hydrogens (primary N) is 1. The molecule has 136 valence electrons. The number of anilines is 1. The van der Waals surface area contributed by atoms with Crippen molar-refractivity contribution in [2.24, 2.45) is 5.14 Å². The predicted octanol–water partition coefficient (Wildman–Crippen LogP) is 5.60. The van der Waals surface area contributed by atoms with Crippen molar-refractivity contribution in [3.05, 3.63) is 87.4 Å². The Morgan fingerprint density at radius 3 is 2.74 bits per heavy atom. The van der Waals surface area contributed by atoms with Gasteiger partial charge in [-0.3, -0.25) is 5.14 Å². The minimum atomic E-state index is -0.815. The SMILES string of the molecule is C=C1N(C2C=CC(Br)=CC2)c2ccccc2C1(C#N)C1=CC=C(SN)CC1. The standard InChI is InChI=1S/C22H20BrN3S/c1-15-22(14-24,16-6-12-19(27-25)13-7-16)20-4-2-3-5-21(20)26(15)18-10-8-17(23)9-11-18/h2-6,8-10,12,18H,1,7,11,13,25H2. The average molecular weight is 438 g/mol. The molecule has 0 bridgehead atoms. The number of rotatable bonds is 3. The lowest BCUT2D eigenvalue weighted by Crippen LogP contribution is -2.37. The Morgan fingerprint density at radius 2 is 2.11 bits per heavy atom. The molecular weight excluding hydrogens is 418 g/mol. The summed E-state index contributed by atoms with van der Waals surface area (Å²) in [5.74, 6) is 0. The highest BCUT2D eigenvalue weighted by atomic mass is 79.9. The highest BCUT2D eigenvalue weighted by Crippen LogP contribution is 2.54. The monoisotopic (exact) mass is 437 g/mol. The van der Waals surface area contributed by atoms with Crippen LogP contribution in [0.15, 0.2) is 81.9 Å². The quantitative estimate of drug-likeness (QED) is 0.625. The molecule has 0 amide bonds. The minimum Gasteiger partial charge on any atom is -0.336 e. The van der Waals surface area contributed by atoms with Crippen molar-refractivity contribution in [1.29, 1.82) is 5.26 Å². The first-order valence-electron chi connectivity index (χ1n) is 8.92. The van der Waals surface area contributed by atoms with Gasteiger partial charge in [-0.1, -0.05) is 83.0 Å². The van der Waals surface area contributed by atoms with E-state index in [9.17, 15) is 5.26 Å². The molecule has 0 radical (unpaired) electrons. The molecule has 0 saturated heterocycles. The molecule has 2 aliphatic carbocycles. The van der Waals surface area contributed by atoms with E-state index < -0.39 is 5.41 Å². The first-order valence-corrected chi connectivity index (χ1v) is 10.6. The maximum atomic E-state index is 10.4. The van der Waals surface area contributed by atoms with Gasteiger partial charge in [0.15, 0.2) is 0 Å². The van der Waals surface area contributed by atoms with Gasteiger partial charge in [-0.2, -0.15) is 5.26 Å². The number of nitrogens with zero attached hydrogens (tertiary/aromatic N) is 2. The van der Waals surface area contributed by atoms with E-state index in [2.05, 4.69) is 69.9 Å². The number of fused-ring (bicyclic) bond motifs is 1. The molecule has 1 aliphatic heterocycles. The van der Waals surface area contributed by atoms with Gasteiger partial charge in [-0.25, -0.2) is 0 Å². The number of nitriles is 1. The molecule has 1 aromatic carbocycles. The van der Waals surface area contributed by atoms with Gasteiger partial charge in [0, 0.05) is 26.3 Å². The van der Waals surface area contributed by atoms with Crippen LogP contribution in [0.25, 0.3) is 0 Å². The van der Waals surface area contributed by atoms with Crippen LogP contribution in [0, 0.1) is 11.3 Å². The van der Waals surface area contributed by atoms with Crippen LogP contribution < -0.4 is 10.0 Å². The molecule has 2 atom stereocenters. The van der Waals surface area contributed by atoms with Crippen molar-refractivity contribution in [1.82, 2.24) is 0 Å². The van der Waals surface area contributed by atoms with Crippen LogP contribution in [0.5, 0.6) is 0 Å². The van der Waals surface area contributed by atoms with Crippen LogP contribution in [0.3, 0.4) is 0 Å². The number of hydrogen-bond donors (Lipinski definition) is 1. The third-order valence-corrected chi connectivity index (χ3v) is 6.80. The van der Waals surface area contributed by atoms with E-state index in [1.807, 2.05) is 18.2 Å². The Hall–Kier alpha value is -2.00. The lowest BCUT2D eigenvalue weighted by atomic mass is 9.72. The second-order valence-electron chi connectivity index (χ2n) is 6.89. The van der Waals surface area contributed by atoms with Gasteiger partial charge < -0.3 is 4.90 Å². The van der Waals surface area contributed by atoms with Crippen LogP contribution in [0.4, 0.5) is 5.69 Å². The van der Waals surface area contributed by atoms with Crippen LogP contribution in [-0.2, 0) is 5.41 Å². The zero-order valence-electron chi connectivity index (χ0n) is 14.9. The van der Waals surface area contributed by atoms with E-state index in [1.54, 1.807) is 0 Å². The molecule has 1 aromatic rings. The lowest BCUT2D eigenvalue weighted by molar-refractivity contribution is 0.674. The Labute approximate surface area is 172 Å². The van der Waals surface area contributed by atoms with Crippen LogP contribution in [0.1, 0.15) is 24.8 Å². The van der Waals surface area contributed by atoms with Crippen molar-refractivity contribution in [3.8, 4) is 6.07 Å². The predicted molar refractivity (Wildman–Crippen MR) is 117 cm³/mol. The van der Waals surface area contributed by atoms with Crippen molar-refractivity contribution in [2.75, 3.05) is 4.90 Å². The highest BCUT2D eigenvalue weighted by molar-refractivity contribution is 9.11. The van der Waals surface area contributed by atoms with E-state index >= 15 is 0 Å². The first-order chi connectivity index (χ1) is 13.1. The van der Waals surface area contributed by atoms with Gasteiger partial charge in [0.1, 0.15) is 5.41 Å². The largest absolute Gasteiger partial charge is 0.336 e. The number of benzene rings is 1. The zero-order valence-corrected chi connectivity index (χ0v) is 17.3. The molecule has 3 aliphatic rings. The fourth-order valence-corrected chi connectivity index (χ4v) is 4.93. The molecular formula is C22H20BrN3S. The summed E-state index contributed by atoms with van der Waals surface area (Å²) in [5, 5.41) is 16.1. The molecule has 3 nitrogen and oxygen atoms in total. The second-order valence-corrected chi connectivity index (χ2v) is 8.57. The van der Waals surface area contributed by atoms with Gasteiger partial charge in [0.05, 0.1) is 12.1 Å². The number of allylic oxidation sites excluding steroid dienone is 6. The Kier molecular flexibility index (Phi) is 4.90. The van der Waals surface area contributed by atoms with E-state index in [1.165, 1.54) is 11.9 Å². The molecule has 0 saturated carbocycles. The fraction of sp³-hybridized carbons (Fsp3) is 0.227. The molecule has 1 heterocycles. The summed E-state index contributed by atoms with van der Waals surface area (Å²) in [7, 11) is 0. The summed E-state index contributed by atoms with van der Waals surface area (Å²) in [6.45, 7) is 4.43. The van der Waals surface area contributed by atoms with Gasteiger partial charge in [0.2, 0.25) is 0 Å². The topological polar surface area (TPSA) is 53.0 Å². The summed E-state index contributed by atoms with van der Waals surface area (Å²) in [6, 6.07) is 11.0. The maximum Gasteiger partial charge on any atom is 0.145 e. The summed E-state index contributed by atoms with van der Waals surface area (Å²) in [4.78, 5) is 3.38.